The van der Waals surface area contributed by atoms with Gasteiger partial charge in [0, 0.05) is 111 Å². The van der Waals surface area contributed by atoms with Crippen LogP contribution < -0.4 is 31.5 Å². The highest BCUT2D eigenvalue weighted by Gasteiger charge is 2.16. The molecule has 0 bridgehead atoms. The minimum Gasteiger partial charge on any atom is -0.379 e. The maximum Gasteiger partial charge on any atom is 0.224 e. The van der Waals surface area contributed by atoms with E-state index in [2.05, 4.69) is 184 Å². The summed E-state index contributed by atoms with van der Waals surface area (Å²) in [5.74, 6) is 7.75. The van der Waals surface area contributed by atoms with Gasteiger partial charge in [0.25, 0.3) is 0 Å². The van der Waals surface area contributed by atoms with E-state index in [1.807, 2.05) is 32.0 Å². The number of nitrogens with zero attached hydrogens (tertiary/aromatic N) is 9. The fourth-order valence-electron chi connectivity index (χ4n) is 12.2. The Labute approximate surface area is 615 Å². The third kappa shape index (κ3) is 42.6. The van der Waals surface area contributed by atoms with Gasteiger partial charge in [-0.15, -0.1) is 0 Å². The summed E-state index contributed by atoms with van der Waals surface area (Å²) < 4.78 is 11.2. The molecule has 101 heavy (non-hydrogen) atoms. The number of rotatable bonds is 52. The van der Waals surface area contributed by atoms with E-state index >= 15 is 0 Å². The largest absolute Gasteiger partial charge is 0.379 e. The minimum atomic E-state index is 0.382. The molecule has 0 radical (unpaired) electrons. The second-order valence-corrected chi connectivity index (χ2v) is 28.0. The third-order valence-electron chi connectivity index (χ3n) is 18.0. The highest BCUT2D eigenvalue weighted by atomic mass is 16.5. The van der Waals surface area contributed by atoms with Crippen molar-refractivity contribution in [2.45, 2.75) is 300 Å². The second kappa shape index (κ2) is 57.9. The molecule has 5 N–H and O–H groups in total. The summed E-state index contributed by atoms with van der Waals surface area (Å²) in [5, 5.41) is 17.2. The average molecular weight is 1390 g/mol. The lowest BCUT2D eigenvalue weighted by atomic mass is 10.1. The van der Waals surface area contributed by atoms with E-state index in [9.17, 15) is 0 Å². The average Bonchev–Trinajstić information content (AvgIpc) is 1.06. The molecule has 16 heteroatoms. The van der Waals surface area contributed by atoms with Crippen LogP contribution in [0.3, 0.4) is 0 Å². The van der Waals surface area contributed by atoms with Crippen molar-refractivity contribution in [3.63, 3.8) is 0 Å². The van der Waals surface area contributed by atoms with Crippen LogP contribution in [-0.2, 0) is 35.2 Å². The van der Waals surface area contributed by atoms with Crippen molar-refractivity contribution in [1.82, 2.24) is 39.9 Å². The molecule has 0 unspecified atom stereocenters. The normalized spacial score (nSPS) is 11.7. The molecule has 0 aliphatic carbocycles. The molecule has 1 aliphatic rings. The Morgan fingerprint density at radius 1 is 0.376 bits per heavy atom. The first kappa shape index (κ1) is 86.9. The molecule has 0 amide bonds. The summed E-state index contributed by atoms with van der Waals surface area (Å²) >= 11 is 0. The summed E-state index contributed by atoms with van der Waals surface area (Å²) in [7, 11) is 0. The molecule has 0 spiro atoms. The molecule has 1 fully saturated rings. The van der Waals surface area contributed by atoms with Crippen LogP contribution in [-0.4, -0.2) is 112 Å². The Balaban J connectivity index is 0.000000289. The molecule has 1 aliphatic heterocycles. The maximum atomic E-state index is 5.69. The Morgan fingerprint density at radius 2 is 0.851 bits per heavy atom. The van der Waals surface area contributed by atoms with E-state index in [0.717, 1.165) is 161 Å². The smallest absolute Gasteiger partial charge is 0.224 e. The van der Waals surface area contributed by atoms with Crippen molar-refractivity contribution < 1.29 is 9.47 Å². The number of aromatic nitrogens is 8. The predicted octanol–water partition coefficient (Wildman–Crippen LogP) is 21.5. The van der Waals surface area contributed by atoms with Gasteiger partial charge in [0.05, 0.1) is 19.8 Å². The van der Waals surface area contributed by atoms with Crippen LogP contribution in [0.25, 0.3) is 0 Å². The predicted molar refractivity (Wildman–Crippen MR) is 432 cm³/mol. The lowest BCUT2D eigenvalue weighted by Crippen LogP contribution is -2.20. The zero-order valence-electron chi connectivity index (χ0n) is 65.7. The Morgan fingerprint density at radius 3 is 1.41 bits per heavy atom. The summed E-state index contributed by atoms with van der Waals surface area (Å²) in [6.07, 6.45) is 43.1. The van der Waals surface area contributed by atoms with Crippen LogP contribution in [0.2, 0.25) is 0 Å². The van der Waals surface area contributed by atoms with Gasteiger partial charge < -0.3 is 41.0 Å². The number of unbranched alkanes of at least 4 members (excludes halogenated alkanes) is 22. The monoisotopic (exact) mass is 1390 g/mol. The van der Waals surface area contributed by atoms with Crippen LogP contribution in [0.5, 0.6) is 0 Å². The first-order chi connectivity index (χ1) is 49.4. The minimum absolute atomic E-state index is 0.382. The van der Waals surface area contributed by atoms with Crippen molar-refractivity contribution in [2.75, 3.05) is 104 Å². The number of hydrogen-bond donors (Lipinski definition) is 5. The molecule has 16 nitrogen and oxygen atoms in total. The Hall–Kier alpha value is -6.52. The molecule has 0 atom stereocenters. The molecular formula is C85H142N14O2. The van der Waals surface area contributed by atoms with Gasteiger partial charge in [0.1, 0.15) is 34.9 Å². The van der Waals surface area contributed by atoms with Crippen molar-refractivity contribution in [3.8, 4) is 0 Å². The summed E-state index contributed by atoms with van der Waals surface area (Å²) in [6, 6.07) is 27.3. The number of anilines is 6. The topological polar surface area (TPSA) is 185 Å². The fraction of sp³-hybridized carbons (Fsp3) is 0.671. The molecular weight excluding hydrogens is 1250 g/mol. The fourth-order valence-corrected chi connectivity index (χ4v) is 12.2. The molecule has 2 aromatic carbocycles. The van der Waals surface area contributed by atoms with Gasteiger partial charge in [0.2, 0.25) is 11.9 Å². The number of ether oxygens (including phenoxy) is 2. The lowest BCUT2D eigenvalue weighted by Gasteiger charge is -2.17. The van der Waals surface area contributed by atoms with Crippen molar-refractivity contribution in [1.29, 1.82) is 0 Å². The Bertz CT molecular complexity index is 2880. The molecule has 5 heterocycles. The van der Waals surface area contributed by atoms with Crippen molar-refractivity contribution >= 4 is 35.2 Å². The van der Waals surface area contributed by atoms with E-state index in [0.29, 0.717) is 25.7 Å². The summed E-state index contributed by atoms with van der Waals surface area (Å²) in [4.78, 5) is 39.5. The number of benzene rings is 2. The molecule has 6 aromatic rings. The van der Waals surface area contributed by atoms with Crippen LogP contribution in [0.15, 0.2) is 78.9 Å². The quantitative estimate of drug-likeness (QED) is 0.0227. The first-order valence-electron chi connectivity index (χ1n) is 40.6. The molecule has 4 aromatic heterocycles. The number of nitrogens with one attached hydrogen (secondary N) is 5. The van der Waals surface area contributed by atoms with Gasteiger partial charge in [-0.3, -0.25) is 0 Å². The summed E-state index contributed by atoms with van der Waals surface area (Å²) in [5.41, 5.74) is 8.16. The third-order valence-corrected chi connectivity index (χ3v) is 18.0. The Kier molecular flexibility index (Phi) is 49.8. The van der Waals surface area contributed by atoms with E-state index in [4.69, 9.17) is 19.4 Å². The SMILES string of the molecule is CCCCCCCCCCCCNc1cc(C)nc(C(C)C)n1.CCCCCCCCNc1nc(C)c(CCCCCC)c(NCCOCCOCCC)n1.CCCCCCCCNc1nc(C)cc(N2CCCC2)n1.Cc1cc(NCCc2ccccc2)nc(CCCc2ccccc2)n1. The van der Waals surface area contributed by atoms with Crippen LogP contribution in [0.4, 0.5) is 35.2 Å². The highest BCUT2D eigenvalue weighted by molar-refractivity contribution is 5.51. The van der Waals surface area contributed by atoms with E-state index in [1.165, 1.54) is 196 Å². The molecule has 0 saturated carbocycles. The second-order valence-electron chi connectivity index (χ2n) is 28.0. The van der Waals surface area contributed by atoms with Crippen LogP contribution in [0, 0.1) is 27.7 Å². The van der Waals surface area contributed by atoms with Gasteiger partial charge in [0.15, 0.2) is 0 Å². The molecule has 564 valence electrons. The molecule has 1 saturated heterocycles. The van der Waals surface area contributed by atoms with Crippen molar-refractivity contribution in [3.05, 3.63) is 130 Å². The number of aryl methyl sites for hydroxylation is 6. The van der Waals surface area contributed by atoms with Gasteiger partial charge in [-0.25, -0.2) is 29.9 Å². The lowest BCUT2D eigenvalue weighted by molar-refractivity contribution is 0.0519. The zero-order chi connectivity index (χ0) is 72.4. The van der Waals surface area contributed by atoms with E-state index < -0.39 is 0 Å². The maximum absolute atomic E-state index is 5.69. The van der Waals surface area contributed by atoms with Gasteiger partial charge >= 0.3 is 0 Å². The van der Waals surface area contributed by atoms with E-state index in [1.54, 1.807) is 0 Å². The van der Waals surface area contributed by atoms with Gasteiger partial charge in [-0.2, -0.15) is 9.97 Å². The van der Waals surface area contributed by atoms with Crippen molar-refractivity contribution in [2.24, 2.45) is 0 Å². The number of hydrogen-bond acceptors (Lipinski definition) is 16. The zero-order valence-corrected chi connectivity index (χ0v) is 65.7. The van der Waals surface area contributed by atoms with Gasteiger partial charge in [-0.05, 0) is 109 Å². The van der Waals surface area contributed by atoms with Crippen LogP contribution in [0.1, 0.15) is 298 Å². The molecule has 7 rings (SSSR count). The first-order valence-corrected chi connectivity index (χ1v) is 40.6. The van der Waals surface area contributed by atoms with Gasteiger partial charge in [-0.1, -0.05) is 250 Å². The standard InChI is InChI=1S/C26H50N4O2.C22H25N3.C20H37N3.C17H30N4/c1-5-8-10-12-13-15-17-28-26-29-23(4)24(16-14-11-9-6-2)25(30-26)27-18-20-32-22-21-31-19-7-3;1-18-17-22(23-16-15-20-11-6-3-7-12-20)25-21(24-18)14-8-13-19-9-4-2-5-10-19;1-5-6-7-8-9-10-11-12-13-14-15-21-19-16-18(4)22-20(23-19)17(2)3;1-3-4-5-6-7-8-11-18-17-19-15(2)14-16(20-17)21-12-9-10-13-21/h5-22H2,1-4H3,(H2,27,28,29,30);2-7,9-12,17H,8,13-16H2,1H3,(H,23,24,25);16-17H,5-15H2,1-4H3,(H,21,22,23);14H,3-13H2,1-2H3,(H,18,19,20). The van der Waals surface area contributed by atoms with Crippen LogP contribution >= 0.6 is 0 Å². The summed E-state index contributed by atoms with van der Waals surface area (Å²) in [6.45, 7) is 33.2. The highest BCUT2D eigenvalue weighted by Crippen LogP contribution is 2.24. The van der Waals surface area contributed by atoms with E-state index in [-0.39, 0.29) is 0 Å².